The summed E-state index contributed by atoms with van der Waals surface area (Å²) >= 11 is 7.72. The summed E-state index contributed by atoms with van der Waals surface area (Å²) in [7, 11) is 0. The number of fused-ring (bicyclic) bond motifs is 1. The van der Waals surface area contributed by atoms with Crippen LogP contribution in [0, 0.1) is 19.8 Å². The maximum absolute atomic E-state index is 13.9. The zero-order valence-corrected chi connectivity index (χ0v) is 20.4. The molecule has 2 N–H and O–H groups in total. The van der Waals surface area contributed by atoms with E-state index in [-0.39, 0.29) is 18.0 Å². The van der Waals surface area contributed by atoms with Gasteiger partial charge in [0.15, 0.2) is 0 Å². The molecule has 3 heterocycles. The van der Waals surface area contributed by atoms with E-state index in [9.17, 15) is 9.59 Å². The number of aryl methyl sites for hydroxylation is 3. The minimum absolute atomic E-state index is 0.0185. The number of carbonyl (C=O) groups is 2. The summed E-state index contributed by atoms with van der Waals surface area (Å²) in [6.45, 7) is 6.35. The van der Waals surface area contributed by atoms with Gasteiger partial charge < -0.3 is 10.6 Å². The Kier molecular flexibility index (Phi) is 5.53. The van der Waals surface area contributed by atoms with Crippen LogP contribution in [0.2, 0.25) is 5.02 Å². The monoisotopic (exact) mass is 483 g/mol. The maximum atomic E-state index is 13.9. The van der Waals surface area contributed by atoms with Crippen LogP contribution >= 0.6 is 22.9 Å². The third-order valence-electron chi connectivity index (χ3n) is 6.68. The molecule has 33 heavy (non-hydrogen) atoms. The fourth-order valence-corrected chi connectivity index (χ4v) is 6.32. The Hall–Kier alpha value is -2.71. The van der Waals surface area contributed by atoms with E-state index in [2.05, 4.69) is 10.1 Å². The van der Waals surface area contributed by atoms with Crippen molar-refractivity contribution in [3.8, 4) is 10.4 Å². The first kappa shape index (κ1) is 22.1. The van der Waals surface area contributed by atoms with Gasteiger partial charge in [0.25, 0.3) is 11.8 Å². The van der Waals surface area contributed by atoms with Gasteiger partial charge >= 0.3 is 0 Å². The summed E-state index contributed by atoms with van der Waals surface area (Å²) in [5.74, 6) is -0.0183. The number of thiazole rings is 1. The second-order valence-corrected chi connectivity index (χ2v) is 10.5. The molecule has 0 bridgehead atoms. The average molecular weight is 484 g/mol. The van der Waals surface area contributed by atoms with Gasteiger partial charge in [0, 0.05) is 30.1 Å². The predicted octanol–water partition coefficient (Wildman–Crippen LogP) is 4.24. The van der Waals surface area contributed by atoms with E-state index in [0.29, 0.717) is 40.9 Å². The van der Waals surface area contributed by atoms with Crippen molar-refractivity contribution >= 4 is 34.8 Å². The molecule has 3 aromatic rings. The number of benzene rings is 1. The summed E-state index contributed by atoms with van der Waals surface area (Å²) in [6, 6.07) is 7.74. The summed E-state index contributed by atoms with van der Waals surface area (Å²) in [5, 5.41) is 5.97. The van der Waals surface area contributed by atoms with E-state index in [4.69, 9.17) is 17.3 Å². The maximum Gasteiger partial charge on any atom is 0.274 e. The van der Waals surface area contributed by atoms with Crippen LogP contribution in [0.3, 0.4) is 0 Å². The van der Waals surface area contributed by atoms with E-state index in [1.54, 1.807) is 6.92 Å². The normalized spacial score (nSPS) is 21.3. The Morgan fingerprint density at radius 2 is 2.06 bits per heavy atom. The van der Waals surface area contributed by atoms with E-state index in [1.807, 2.05) is 47.7 Å². The fourth-order valence-electron chi connectivity index (χ4n) is 5.22. The molecule has 2 fully saturated rings. The minimum atomic E-state index is -0.471. The van der Waals surface area contributed by atoms with E-state index in [1.165, 1.54) is 11.3 Å². The first-order valence-corrected chi connectivity index (χ1v) is 12.4. The average Bonchev–Trinajstić information content (AvgIpc) is 3.11. The number of piperidine rings is 1. The van der Waals surface area contributed by atoms with Crippen molar-refractivity contribution < 1.29 is 9.59 Å². The molecular weight excluding hydrogens is 458 g/mol. The van der Waals surface area contributed by atoms with Crippen molar-refractivity contribution in [1.82, 2.24) is 19.7 Å². The van der Waals surface area contributed by atoms with Gasteiger partial charge in [-0.25, -0.2) is 4.98 Å². The molecule has 2 aliphatic rings. The first-order valence-electron chi connectivity index (χ1n) is 11.2. The smallest absolute Gasteiger partial charge is 0.274 e. The molecule has 1 aromatic carbocycles. The van der Waals surface area contributed by atoms with Crippen molar-refractivity contribution in [1.29, 1.82) is 0 Å². The van der Waals surface area contributed by atoms with Gasteiger partial charge in [0.1, 0.15) is 5.69 Å². The zero-order chi connectivity index (χ0) is 23.4. The predicted molar refractivity (Wildman–Crippen MR) is 129 cm³/mol. The van der Waals surface area contributed by atoms with Crippen molar-refractivity contribution in [3.63, 3.8) is 0 Å². The summed E-state index contributed by atoms with van der Waals surface area (Å²) < 4.78 is 1.84. The number of hydrogen-bond donors (Lipinski definition) is 1. The summed E-state index contributed by atoms with van der Waals surface area (Å²) in [6.07, 6.45) is 2.49. The topological polar surface area (TPSA) is 94.1 Å². The highest BCUT2D eigenvalue weighted by atomic mass is 35.5. The van der Waals surface area contributed by atoms with Crippen molar-refractivity contribution in [2.75, 3.05) is 0 Å². The molecule has 1 aliphatic heterocycles. The Morgan fingerprint density at radius 1 is 1.27 bits per heavy atom. The Labute approximate surface area is 201 Å². The lowest BCUT2D eigenvalue weighted by atomic mass is 10.0. The lowest BCUT2D eigenvalue weighted by molar-refractivity contribution is 0.0694. The second kappa shape index (κ2) is 8.25. The highest BCUT2D eigenvalue weighted by molar-refractivity contribution is 7.15. The van der Waals surface area contributed by atoms with Crippen LogP contribution in [0.4, 0.5) is 0 Å². The molecule has 9 heteroatoms. The zero-order valence-electron chi connectivity index (χ0n) is 18.8. The standard InChI is InChI=1S/C24H26ClN5O2S/c1-4-29-19(20(23(26)31)12(2)28-29)11-17-9-15-10-18(15)30(17)24(32)21-22(33-13(3)27-21)14-6-5-7-16(25)8-14/h5-8,15,17-18H,4,9-11H2,1-3H3,(H2,26,31)/t15-,17+,18+/m1/s1. The fraction of sp³-hybridized carbons (Fsp3) is 0.417. The molecule has 172 valence electrons. The van der Waals surface area contributed by atoms with Crippen LogP contribution in [0.5, 0.6) is 0 Å². The van der Waals surface area contributed by atoms with Gasteiger partial charge in [-0.15, -0.1) is 11.3 Å². The molecule has 7 nitrogen and oxygen atoms in total. The first-order chi connectivity index (χ1) is 15.8. The molecule has 3 atom stereocenters. The molecule has 1 saturated heterocycles. The van der Waals surface area contributed by atoms with Crippen LogP contribution in [-0.2, 0) is 13.0 Å². The van der Waals surface area contributed by atoms with Gasteiger partial charge in [-0.2, -0.15) is 5.10 Å². The summed E-state index contributed by atoms with van der Waals surface area (Å²) in [4.78, 5) is 33.5. The third-order valence-corrected chi connectivity index (χ3v) is 7.93. The van der Waals surface area contributed by atoms with Crippen molar-refractivity contribution in [3.05, 3.63) is 56.9 Å². The van der Waals surface area contributed by atoms with Gasteiger partial charge in [-0.3, -0.25) is 14.3 Å². The highest BCUT2D eigenvalue weighted by Crippen LogP contribution is 2.50. The lowest BCUT2D eigenvalue weighted by Gasteiger charge is -2.28. The van der Waals surface area contributed by atoms with Gasteiger partial charge in [-0.05, 0) is 57.2 Å². The molecule has 1 saturated carbocycles. The number of rotatable bonds is 6. The molecule has 0 unspecified atom stereocenters. The number of carbonyl (C=O) groups excluding carboxylic acids is 2. The number of halogens is 1. The number of likely N-dealkylation sites (tertiary alicyclic amines) is 1. The van der Waals surface area contributed by atoms with E-state index in [0.717, 1.165) is 34.0 Å². The van der Waals surface area contributed by atoms with Crippen LogP contribution in [0.1, 0.15) is 57.0 Å². The largest absolute Gasteiger partial charge is 0.365 e. The van der Waals surface area contributed by atoms with Crippen LogP contribution in [0.25, 0.3) is 10.4 Å². The summed E-state index contributed by atoms with van der Waals surface area (Å²) in [5.41, 5.74) is 9.00. The highest BCUT2D eigenvalue weighted by Gasteiger charge is 2.54. The molecular formula is C24H26ClN5O2S. The molecule has 2 amide bonds. The van der Waals surface area contributed by atoms with Gasteiger partial charge in [-0.1, -0.05) is 23.7 Å². The number of amides is 2. The van der Waals surface area contributed by atoms with Crippen LogP contribution < -0.4 is 5.73 Å². The van der Waals surface area contributed by atoms with Crippen molar-refractivity contribution in [2.24, 2.45) is 11.7 Å². The molecule has 2 aromatic heterocycles. The Balaban J connectivity index is 1.50. The van der Waals surface area contributed by atoms with Crippen LogP contribution in [-0.4, -0.2) is 43.6 Å². The Bertz CT molecular complexity index is 1270. The number of nitrogens with zero attached hydrogens (tertiary/aromatic N) is 4. The SMILES string of the molecule is CCn1nc(C)c(C(N)=O)c1C[C@@H]1C[C@@H]2C[C@@H]2N1C(=O)c1nc(C)sc1-c1cccc(Cl)c1. The molecule has 1 aliphatic carbocycles. The molecule has 0 spiro atoms. The lowest BCUT2D eigenvalue weighted by Crippen LogP contribution is -2.40. The quantitative estimate of drug-likeness (QED) is 0.567. The third kappa shape index (κ3) is 3.85. The number of aromatic nitrogens is 3. The van der Waals surface area contributed by atoms with Gasteiger partial charge in [0.05, 0.1) is 26.8 Å². The van der Waals surface area contributed by atoms with E-state index < -0.39 is 5.91 Å². The molecule has 5 rings (SSSR count). The Morgan fingerprint density at radius 3 is 2.76 bits per heavy atom. The van der Waals surface area contributed by atoms with E-state index >= 15 is 0 Å². The van der Waals surface area contributed by atoms with Crippen molar-refractivity contribution in [2.45, 2.75) is 58.7 Å². The number of nitrogens with two attached hydrogens (primary N) is 1. The number of primary amides is 1. The molecule has 0 radical (unpaired) electrons. The minimum Gasteiger partial charge on any atom is -0.365 e. The van der Waals surface area contributed by atoms with Crippen LogP contribution in [0.15, 0.2) is 24.3 Å². The van der Waals surface area contributed by atoms with Gasteiger partial charge in [0.2, 0.25) is 0 Å². The number of hydrogen-bond acceptors (Lipinski definition) is 5. The second-order valence-electron chi connectivity index (χ2n) is 8.88.